The quantitative estimate of drug-likeness (QED) is 0.790. The zero-order valence-electron chi connectivity index (χ0n) is 11.9. The van der Waals surface area contributed by atoms with Gasteiger partial charge in [-0.2, -0.15) is 0 Å². The highest BCUT2D eigenvalue weighted by molar-refractivity contribution is 6.33. The maximum Gasteiger partial charge on any atom is 0.246 e. The maximum atomic E-state index is 13.0. The van der Waals surface area contributed by atoms with Crippen molar-refractivity contribution in [1.82, 2.24) is 0 Å². The van der Waals surface area contributed by atoms with Crippen LogP contribution in [0.4, 0.5) is 15.8 Å². The topological polar surface area (TPSA) is 61.4 Å². The van der Waals surface area contributed by atoms with Gasteiger partial charge in [-0.3, -0.25) is 4.79 Å². The summed E-state index contributed by atoms with van der Waals surface area (Å²) in [7, 11) is 0. The Morgan fingerprint density at radius 1 is 1.32 bits per heavy atom. The first-order valence-corrected chi connectivity index (χ1v) is 7.09. The Hall–Kier alpha value is -2.11. The molecule has 0 spiro atoms. The molecule has 0 bridgehead atoms. The van der Waals surface area contributed by atoms with E-state index >= 15 is 0 Å². The van der Waals surface area contributed by atoms with Gasteiger partial charge in [0.2, 0.25) is 5.91 Å². The molecular weight excluding hydrogens is 307 g/mol. The van der Waals surface area contributed by atoms with Crippen LogP contribution < -0.4 is 10.6 Å². The second-order valence-electron chi connectivity index (χ2n) is 4.84. The lowest BCUT2D eigenvalue weighted by Gasteiger charge is -2.16. The van der Waals surface area contributed by atoms with Gasteiger partial charge >= 0.3 is 0 Å². The van der Waals surface area contributed by atoms with Gasteiger partial charge < -0.3 is 15.7 Å². The number of aliphatic hydroxyl groups is 1. The Kier molecular flexibility index (Phi) is 5.35. The third-order valence-corrected chi connectivity index (χ3v) is 3.39. The van der Waals surface area contributed by atoms with Crippen molar-refractivity contribution in [2.24, 2.45) is 0 Å². The first-order chi connectivity index (χ1) is 10.5. The maximum absolute atomic E-state index is 13.0. The van der Waals surface area contributed by atoms with Crippen LogP contribution >= 0.6 is 11.6 Å². The molecule has 2 aromatic rings. The van der Waals surface area contributed by atoms with Crippen molar-refractivity contribution >= 4 is 28.9 Å². The normalized spacial score (nSPS) is 11.8. The third-order valence-electron chi connectivity index (χ3n) is 3.08. The first-order valence-electron chi connectivity index (χ1n) is 6.72. The van der Waals surface area contributed by atoms with Gasteiger partial charge in [-0.15, -0.1) is 0 Å². The number of carbonyl (C=O) groups is 1. The summed E-state index contributed by atoms with van der Waals surface area (Å²) in [6, 6.07) is 10.4. The van der Waals surface area contributed by atoms with Crippen LogP contribution in [0.5, 0.6) is 0 Å². The molecule has 0 aliphatic rings. The van der Waals surface area contributed by atoms with E-state index in [1.807, 2.05) is 0 Å². The molecule has 0 saturated heterocycles. The molecular formula is C16H16ClFN2O2. The van der Waals surface area contributed by atoms with Gasteiger partial charge in [0, 0.05) is 5.69 Å². The van der Waals surface area contributed by atoms with Crippen LogP contribution in [0.2, 0.25) is 5.02 Å². The minimum atomic E-state index is -0.532. The molecule has 116 valence electrons. The van der Waals surface area contributed by atoms with Crippen LogP contribution in [0.3, 0.4) is 0 Å². The molecule has 6 heteroatoms. The lowest BCUT2D eigenvalue weighted by atomic mass is 10.2. The molecule has 0 saturated carbocycles. The fourth-order valence-electron chi connectivity index (χ4n) is 1.91. The molecule has 0 aliphatic carbocycles. The number of aliphatic hydroxyl groups excluding tert-OH is 1. The molecule has 2 rings (SSSR count). The number of halogens is 2. The van der Waals surface area contributed by atoms with E-state index in [-0.39, 0.29) is 17.5 Å². The van der Waals surface area contributed by atoms with Crippen LogP contribution in [0.1, 0.15) is 12.5 Å². The largest absolute Gasteiger partial charge is 0.392 e. The Morgan fingerprint density at radius 3 is 2.77 bits per heavy atom. The molecule has 22 heavy (non-hydrogen) atoms. The van der Waals surface area contributed by atoms with Crippen molar-refractivity contribution < 1.29 is 14.3 Å². The minimum Gasteiger partial charge on any atom is -0.392 e. The molecule has 0 aliphatic heterocycles. The summed E-state index contributed by atoms with van der Waals surface area (Å²) < 4.78 is 13.0. The van der Waals surface area contributed by atoms with Crippen LogP contribution in [-0.2, 0) is 11.4 Å². The monoisotopic (exact) mass is 322 g/mol. The molecule has 2 aromatic carbocycles. The molecule has 1 amide bonds. The summed E-state index contributed by atoms with van der Waals surface area (Å²) in [5, 5.41) is 14.9. The summed E-state index contributed by atoms with van der Waals surface area (Å²) >= 11 is 5.88. The van der Waals surface area contributed by atoms with Crippen LogP contribution in [0, 0.1) is 5.82 Å². The van der Waals surface area contributed by atoms with E-state index in [4.69, 9.17) is 16.7 Å². The van der Waals surface area contributed by atoms with Gasteiger partial charge in [-0.1, -0.05) is 23.7 Å². The minimum absolute atomic E-state index is 0.0682. The van der Waals surface area contributed by atoms with E-state index in [2.05, 4.69) is 10.6 Å². The summed E-state index contributed by atoms with van der Waals surface area (Å²) in [5.74, 6) is -0.766. The van der Waals surface area contributed by atoms with E-state index in [0.717, 1.165) is 17.3 Å². The Bertz CT molecular complexity index is 679. The van der Waals surface area contributed by atoms with Gasteiger partial charge in [0.05, 0.1) is 17.3 Å². The van der Waals surface area contributed by atoms with Crippen molar-refractivity contribution in [1.29, 1.82) is 0 Å². The Balaban J connectivity index is 2.02. The van der Waals surface area contributed by atoms with E-state index < -0.39 is 11.9 Å². The zero-order chi connectivity index (χ0) is 16.1. The first kappa shape index (κ1) is 16.3. The van der Waals surface area contributed by atoms with E-state index in [0.29, 0.717) is 5.69 Å². The lowest BCUT2D eigenvalue weighted by Crippen LogP contribution is -2.32. The van der Waals surface area contributed by atoms with Crippen LogP contribution in [-0.4, -0.2) is 17.1 Å². The van der Waals surface area contributed by atoms with Crippen molar-refractivity contribution in [3.63, 3.8) is 0 Å². The molecule has 0 fully saturated rings. The Morgan fingerprint density at radius 2 is 2.09 bits per heavy atom. The predicted molar refractivity (Wildman–Crippen MR) is 85.5 cm³/mol. The molecule has 0 heterocycles. The van der Waals surface area contributed by atoms with Crippen molar-refractivity contribution in [2.45, 2.75) is 19.6 Å². The molecule has 4 nitrogen and oxygen atoms in total. The second kappa shape index (κ2) is 7.24. The number of rotatable bonds is 5. The molecule has 0 aromatic heterocycles. The van der Waals surface area contributed by atoms with Crippen LogP contribution in [0.25, 0.3) is 0 Å². The van der Waals surface area contributed by atoms with Gasteiger partial charge in [-0.05, 0) is 42.8 Å². The molecule has 1 unspecified atom stereocenters. The second-order valence-corrected chi connectivity index (χ2v) is 5.25. The number of anilines is 2. The number of carbonyl (C=O) groups excluding carboxylic acids is 1. The smallest absolute Gasteiger partial charge is 0.246 e. The molecule has 3 N–H and O–H groups in total. The third kappa shape index (κ3) is 4.19. The fourth-order valence-corrected chi connectivity index (χ4v) is 2.12. The number of nitrogens with one attached hydrogen (secondary N) is 2. The summed E-state index contributed by atoms with van der Waals surface area (Å²) in [6.45, 7) is 1.62. The Labute approximate surface area is 132 Å². The van der Waals surface area contributed by atoms with Crippen LogP contribution in [0.15, 0.2) is 42.5 Å². The van der Waals surface area contributed by atoms with Gasteiger partial charge in [0.15, 0.2) is 0 Å². The van der Waals surface area contributed by atoms with E-state index in [9.17, 15) is 9.18 Å². The highest BCUT2D eigenvalue weighted by Crippen LogP contribution is 2.22. The molecule has 1 atom stereocenters. The standard InChI is InChI=1S/C16H16ClFN2O2/c1-10(19-13-4-2-3-11(7-13)9-21)16(22)20-15-6-5-12(18)8-14(15)17/h2-8,10,19,21H,9H2,1H3,(H,20,22). The zero-order valence-corrected chi connectivity index (χ0v) is 12.7. The predicted octanol–water partition coefficient (Wildman–Crippen LogP) is 3.41. The van der Waals surface area contributed by atoms with E-state index in [1.54, 1.807) is 31.2 Å². The van der Waals surface area contributed by atoms with Gasteiger partial charge in [-0.25, -0.2) is 4.39 Å². The summed E-state index contributed by atoms with van der Waals surface area (Å²) in [4.78, 5) is 12.1. The highest BCUT2D eigenvalue weighted by atomic mass is 35.5. The summed E-state index contributed by atoms with van der Waals surface area (Å²) in [6.07, 6.45) is 0. The van der Waals surface area contributed by atoms with Crippen molar-refractivity contribution in [2.75, 3.05) is 10.6 Å². The lowest BCUT2D eigenvalue weighted by molar-refractivity contribution is -0.116. The summed E-state index contributed by atoms with van der Waals surface area (Å²) in [5.41, 5.74) is 1.82. The SMILES string of the molecule is CC(Nc1cccc(CO)c1)C(=O)Nc1ccc(F)cc1Cl. The fraction of sp³-hybridized carbons (Fsp3) is 0.188. The number of amides is 1. The number of benzene rings is 2. The number of hydrogen-bond donors (Lipinski definition) is 3. The van der Waals surface area contributed by atoms with Crippen molar-refractivity contribution in [3.8, 4) is 0 Å². The van der Waals surface area contributed by atoms with Gasteiger partial charge in [0.25, 0.3) is 0 Å². The average molecular weight is 323 g/mol. The highest BCUT2D eigenvalue weighted by Gasteiger charge is 2.14. The average Bonchev–Trinajstić information content (AvgIpc) is 2.50. The van der Waals surface area contributed by atoms with Crippen molar-refractivity contribution in [3.05, 3.63) is 58.9 Å². The number of hydrogen-bond acceptors (Lipinski definition) is 3. The van der Waals surface area contributed by atoms with E-state index in [1.165, 1.54) is 12.1 Å². The van der Waals surface area contributed by atoms with Gasteiger partial charge in [0.1, 0.15) is 11.9 Å². The molecule has 0 radical (unpaired) electrons.